The van der Waals surface area contributed by atoms with E-state index in [1.165, 1.54) is 30.4 Å². The van der Waals surface area contributed by atoms with Gasteiger partial charge in [0.25, 0.3) is 0 Å². The minimum atomic E-state index is -4.90. The molecule has 1 unspecified atom stereocenters. The molecule has 0 fully saturated rings. The lowest BCUT2D eigenvalue weighted by molar-refractivity contribution is -0.141. The number of ether oxygens (including phenoxy) is 1. The first-order valence-electron chi connectivity index (χ1n) is 12.7. The van der Waals surface area contributed by atoms with Crippen LogP contribution in [0.2, 0.25) is 0 Å². The number of fused-ring (bicyclic) bond motifs is 1. The Hall–Kier alpha value is -3.59. The Morgan fingerprint density at radius 3 is 2.44 bits per heavy atom. The molecule has 0 saturated carbocycles. The lowest BCUT2D eigenvalue weighted by atomic mass is 10.0. The van der Waals surface area contributed by atoms with Crippen LogP contribution >= 0.6 is 11.3 Å². The van der Waals surface area contributed by atoms with Gasteiger partial charge < -0.3 is 15.0 Å². The number of thiazole rings is 1. The van der Waals surface area contributed by atoms with Gasteiger partial charge in [0.2, 0.25) is 11.9 Å². The van der Waals surface area contributed by atoms with Gasteiger partial charge in [-0.15, -0.1) is 0 Å². The molecule has 0 spiro atoms. The first-order chi connectivity index (χ1) is 19.2. The van der Waals surface area contributed by atoms with E-state index in [9.17, 15) is 31.2 Å². The summed E-state index contributed by atoms with van der Waals surface area (Å²) in [7, 11) is -3.34. The predicted molar refractivity (Wildman–Crippen MR) is 145 cm³/mol. The van der Waals surface area contributed by atoms with Gasteiger partial charge in [-0.05, 0) is 30.5 Å². The van der Waals surface area contributed by atoms with Crippen molar-refractivity contribution in [3.05, 3.63) is 57.9 Å². The molecule has 3 heterocycles. The monoisotopic (exact) mass is 611 g/mol. The Balaban J connectivity index is 1.53. The van der Waals surface area contributed by atoms with Crippen molar-refractivity contribution in [1.29, 1.82) is 0 Å². The van der Waals surface area contributed by atoms with E-state index in [1.54, 1.807) is 24.0 Å². The number of hydrogen-bond acceptors (Lipinski definition) is 10. The molecule has 2 aromatic heterocycles. The summed E-state index contributed by atoms with van der Waals surface area (Å²) in [6.07, 6.45) is -4.08. The largest absolute Gasteiger partial charge is 0.462 e. The van der Waals surface area contributed by atoms with Crippen LogP contribution < -0.4 is 10.2 Å². The number of alkyl halides is 3. The van der Waals surface area contributed by atoms with E-state index in [4.69, 9.17) is 4.74 Å². The van der Waals surface area contributed by atoms with Gasteiger partial charge >= 0.3 is 12.1 Å². The summed E-state index contributed by atoms with van der Waals surface area (Å²) in [5.74, 6) is -1.84. The van der Waals surface area contributed by atoms with E-state index in [0.717, 1.165) is 11.1 Å². The predicted octanol–water partition coefficient (Wildman–Crippen LogP) is 4.82. The van der Waals surface area contributed by atoms with E-state index in [2.05, 4.69) is 20.3 Å². The molecule has 1 atom stereocenters. The number of benzene rings is 1. The van der Waals surface area contributed by atoms with Crippen LogP contribution in [-0.4, -0.2) is 47.6 Å². The minimum absolute atomic E-state index is 0.00267. The fourth-order valence-corrected chi connectivity index (χ4v) is 6.35. The second-order valence-corrected chi connectivity index (χ2v) is 12.9. The molecule has 4 rings (SSSR count). The maximum atomic E-state index is 13.8. The van der Waals surface area contributed by atoms with Crippen LogP contribution in [-0.2, 0) is 38.5 Å². The summed E-state index contributed by atoms with van der Waals surface area (Å²) in [6.45, 7) is 6.86. The van der Waals surface area contributed by atoms with Crippen molar-refractivity contribution in [2.75, 3.05) is 22.6 Å². The lowest BCUT2D eigenvalue weighted by Gasteiger charge is -2.28. The number of aromatic nitrogens is 3. The highest BCUT2D eigenvalue weighted by Crippen LogP contribution is 2.44. The number of esters is 1. The van der Waals surface area contributed by atoms with Crippen molar-refractivity contribution in [1.82, 2.24) is 15.0 Å². The van der Waals surface area contributed by atoms with Crippen molar-refractivity contribution in [2.45, 2.75) is 57.8 Å². The highest BCUT2D eigenvalue weighted by molar-refractivity contribution is 7.91. The average Bonchev–Trinajstić information content (AvgIpc) is 3.45. The van der Waals surface area contributed by atoms with Crippen molar-refractivity contribution < 1.29 is 35.9 Å². The zero-order valence-corrected chi connectivity index (χ0v) is 24.3. The number of amides is 1. The number of nitrogens with zero attached hydrogens (tertiary/aromatic N) is 4. The average molecular weight is 612 g/mol. The van der Waals surface area contributed by atoms with Gasteiger partial charge in [0.05, 0.1) is 46.8 Å². The molecule has 3 aromatic rings. The SMILES string of the molecule is CCOC(=O)c1cnc(N2Cc3sc(NC(=O)Cc4ccc(S(=O)(=O)CC)cc4)nc3C2C(C)C)nc1C(F)(F)F. The van der Waals surface area contributed by atoms with Crippen LogP contribution in [0.4, 0.5) is 24.3 Å². The fourth-order valence-electron chi connectivity index (χ4n) is 4.45. The first-order valence-corrected chi connectivity index (χ1v) is 15.2. The summed E-state index contributed by atoms with van der Waals surface area (Å²) in [5.41, 5.74) is -0.916. The minimum Gasteiger partial charge on any atom is -0.462 e. The molecule has 0 radical (unpaired) electrons. The summed E-state index contributed by atoms with van der Waals surface area (Å²) in [4.78, 5) is 39.6. The molecule has 1 N–H and O–H groups in total. The van der Waals surface area contributed by atoms with Gasteiger partial charge in [-0.3, -0.25) is 4.79 Å². The molecule has 1 aromatic carbocycles. The smallest absolute Gasteiger partial charge is 0.434 e. The van der Waals surface area contributed by atoms with Crippen LogP contribution in [0.5, 0.6) is 0 Å². The van der Waals surface area contributed by atoms with Crippen molar-refractivity contribution in [3.63, 3.8) is 0 Å². The maximum Gasteiger partial charge on any atom is 0.434 e. The Morgan fingerprint density at radius 1 is 1.17 bits per heavy atom. The summed E-state index contributed by atoms with van der Waals surface area (Å²) in [5, 5.41) is 3.09. The molecule has 10 nitrogen and oxygen atoms in total. The zero-order valence-electron chi connectivity index (χ0n) is 22.7. The van der Waals surface area contributed by atoms with Gasteiger partial charge in [-0.25, -0.2) is 28.2 Å². The number of rotatable bonds is 9. The van der Waals surface area contributed by atoms with E-state index in [0.29, 0.717) is 16.4 Å². The van der Waals surface area contributed by atoms with Gasteiger partial charge in [0, 0.05) is 6.20 Å². The molecule has 15 heteroatoms. The number of sulfone groups is 1. The van der Waals surface area contributed by atoms with E-state index >= 15 is 0 Å². The third-order valence-electron chi connectivity index (χ3n) is 6.36. The van der Waals surface area contributed by atoms with Crippen LogP contribution in [0.15, 0.2) is 35.4 Å². The molecule has 220 valence electrons. The molecule has 1 aliphatic heterocycles. The van der Waals surface area contributed by atoms with Gasteiger partial charge in [-0.2, -0.15) is 13.2 Å². The summed E-state index contributed by atoms with van der Waals surface area (Å²) < 4.78 is 70.1. The molecular formula is C26H28F3N5O5S2. The molecular weight excluding hydrogens is 583 g/mol. The molecule has 0 aliphatic carbocycles. The zero-order chi connectivity index (χ0) is 30.1. The summed E-state index contributed by atoms with van der Waals surface area (Å²) in [6, 6.07) is 5.62. The van der Waals surface area contributed by atoms with Crippen LogP contribution in [0.1, 0.15) is 65.9 Å². The van der Waals surface area contributed by atoms with Crippen molar-refractivity contribution in [2.24, 2.45) is 5.92 Å². The van der Waals surface area contributed by atoms with Gasteiger partial charge in [0.15, 0.2) is 20.7 Å². The molecule has 0 bridgehead atoms. The van der Waals surface area contributed by atoms with Gasteiger partial charge in [-0.1, -0.05) is 44.2 Å². The van der Waals surface area contributed by atoms with Gasteiger partial charge in [0.1, 0.15) is 5.56 Å². The molecule has 1 amide bonds. The Labute approximate surface area is 238 Å². The topological polar surface area (TPSA) is 131 Å². The summed E-state index contributed by atoms with van der Waals surface area (Å²) >= 11 is 1.20. The van der Waals surface area contributed by atoms with Crippen LogP contribution in [0.25, 0.3) is 0 Å². The number of anilines is 2. The van der Waals surface area contributed by atoms with Crippen molar-refractivity contribution in [3.8, 4) is 0 Å². The normalized spacial score (nSPS) is 15.2. The van der Waals surface area contributed by atoms with E-state index in [-0.39, 0.29) is 48.0 Å². The number of carbonyl (C=O) groups excluding carboxylic acids is 2. The highest BCUT2D eigenvalue weighted by atomic mass is 32.2. The standard InChI is InChI=1S/C26H28F3N5O5S2/c1-5-39-23(36)17-12-30-24(33-22(17)26(27,28)29)34-13-18-20(21(34)14(3)4)32-25(40-18)31-19(35)11-15-7-9-16(10-8-15)41(37,38)6-2/h7-10,12,14,21H,5-6,11,13H2,1-4H3,(H,31,32,35). The lowest BCUT2D eigenvalue weighted by Crippen LogP contribution is -2.29. The second kappa shape index (κ2) is 11.7. The van der Waals surface area contributed by atoms with Crippen molar-refractivity contribution >= 4 is 44.1 Å². The molecule has 1 aliphatic rings. The Morgan fingerprint density at radius 2 is 1.85 bits per heavy atom. The number of hydrogen-bond donors (Lipinski definition) is 1. The number of carbonyl (C=O) groups is 2. The van der Waals surface area contributed by atoms with Crippen LogP contribution in [0.3, 0.4) is 0 Å². The van der Waals surface area contributed by atoms with Crippen LogP contribution in [0, 0.1) is 5.92 Å². The third-order valence-corrected chi connectivity index (χ3v) is 9.08. The fraction of sp³-hybridized carbons (Fsp3) is 0.423. The number of nitrogens with one attached hydrogen (secondary N) is 1. The van der Waals surface area contributed by atoms with E-state index < -0.39 is 39.3 Å². The third kappa shape index (κ3) is 6.50. The number of halogens is 3. The Bertz CT molecular complexity index is 1560. The quantitative estimate of drug-likeness (QED) is 0.338. The highest BCUT2D eigenvalue weighted by Gasteiger charge is 2.42. The van der Waals surface area contributed by atoms with E-state index in [1.807, 2.05) is 13.8 Å². The maximum absolute atomic E-state index is 13.8. The molecule has 0 saturated heterocycles. The first kappa shape index (κ1) is 30.4. The molecule has 41 heavy (non-hydrogen) atoms. The second-order valence-electron chi connectivity index (χ2n) is 9.57. The Kier molecular flexibility index (Phi) is 8.68.